The summed E-state index contributed by atoms with van der Waals surface area (Å²) in [6, 6.07) is 12.9. The van der Waals surface area contributed by atoms with Crippen LogP contribution in [0.3, 0.4) is 0 Å². The van der Waals surface area contributed by atoms with Crippen LogP contribution in [0.15, 0.2) is 53.5 Å². The summed E-state index contributed by atoms with van der Waals surface area (Å²) in [6.45, 7) is 3.74. The smallest absolute Gasteiger partial charge is 0.191 e. The highest BCUT2D eigenvalue weighted by Crippen LogP contribution is 2.05. The van der Waals surface area contributed by atoms with E-state index in [1.54, 1.807) is 12.1 Å². The first-order valence-corrected chi connectivity index (χ1v) is 7.68. The minimum absolute atomic E-state index is 0. The molecule has 0 atom stereocenters. The maximum Gasteiger partial charge on any atom is 0.191 e. The van der Waals surface area contributed by atoms with Crippen LogP contribution in [0.25, 0.3) is 0 Å². The number of rotatable bonds is 6. The number of nitrogens with one attached hydrogen (secondary N) is 2. The molecule has 0 amide bonds. The maximum atomic E-state index is 13.2. The van der Waals surface area contributed by atoms with Gasteiger partial charge in [-0.25, -0.2) is 13.8 Å². The van der Waals surface area contributed by atoms with E-state index in [0.29, 0.717) is 25.5 Å². The molecule has 2 aromatic rings. The largest absolute Gasteiger partial charge is 0.357 e. The van der Waals surface area contributed by atoms with Crippen molar-refractivity contribution in [2.45, 2.75) is 19.9 Å². The van der Waals surface area contributed by atoms with Gasteiger partial charge in [0.15, 0.2) is 5.96 Å². The number of hydrogen-bond acceptors (Lipinski definition) is 1. The second-order valence-electron chi connectivity index (χ2n) is 5.13. The molecule has 0 radical (unpaired) electrons. The molecule has 2 N–H and O–H groups in total. The molecule has 0 saturated carbocycles. The van der Waals surface area contributed by atoms with E-state index in [1.807, 2.05) is 19.1 Å². The zero-order valence-electron chi connectivity index (χ0n) is 13.6. The summed E-state index contributed by atoms with van der Waals surface area (Å²) in [5.74, 6) is 0.170. The van der Waals surface area contributed by atoms with Gasteiger partial charge in [0.1, 0.15) is 11.6 Å². The molecule has 0 fully saturated rings. The van der Waals surface area contributed by atoms with Crippen LogP contribution in [0.4, 0.5) is 8.78 Å². The summed E-state index contributed by atoms with van der Waals surface area (Å²) in [5, 5.41) is 6.33. The van der Waals surface area contributed by atoms with Crippen LogP contribution >= 0.6 is 24.0 Å². The van der Waals surface area contributed by atoms with Gasteiger partial charge in [0.05, 0.1) is 6.54 Å². The third-order valence-corrected chi connectivity index (χ3v) is 3.25. The van der Waals surface area contributed by atoms with Crippen molar-refractivity contribution in [3.05, 3.63) is 71.3 Å². The van der Waals surface area contributed by atoms with Crippen molar-refractivity contribution in [2.24, 2.45) is 4.99 Å². The van der Waals surface area contributed by atoms with Gasteiger partial charge in [0.25, 0.3) is 0 Å². The molecule has 0 aromatic heterocycles. The lowest BCUT2D eigenvalue weighted by atomic mass is 10.1. The molecule has 0 aliphatic carbocycles. The average Bonchev–Trinajstić information content (AvgIpc) is 2.53. The zero-order chi connectivity index (χ0) is 16.5. The minimum Gasteiger partial charge on any atom is -0.357 e. The Kier molecular flexibility index (Phi) is 9.29. The van der Waals surface area contributed by atoms with Gasteiger partial charge in [0, 0.05) is 13.1 Å². The summed E-state index contributed by atoms with van der Waals surface area (Å²) in [4.78, 5) is 4.43. The molecule has 2 rings (SSSR count). The van der Waals surface area contributed by atoms with Gasteiger partial charge in [-0.05, 0) is 48.7 Å². The summed E-state index contributed by atoms with van der Waals surface area (Å²) >= 11 is 0. The van der Waals surface area contributed by atoms with Gasteiger partial charge in [-0.2, -0.15) is 0 Å². The monoisotopic (exact) mass is 445 g/mol. The Morgan fingerprint density at radius 2 is 1.58 bits per heavy atom. The van der Waals surface area contributed by atoms with Gasteiger partial charge in [-0.15, -0.1) is 24.0 Å². The second-order valence-corrected chi connectivity index (χ2v) is 5.13. The lowest BCUT2D eigenvalue weighted by Crippen LogP contribution is -2.38. The third kappa shape index (κ3) is 7.25. The van der Waals surface area contributed by atoms with Gasteiger partial charge in [-0.3, -0.25) is 0 Å². The Labute approximate surface area is 158 Å². The fourth-order valence-electron chi connectivity index (χ4n) is 2.17. The summed E-state index contributed by atoms with van der Waals surface area (Å²) in [6.07, 6.45) is 0.697. The molecule has 0 aliphatic heterocycles. The molecule has 0 bridgehead atoms. The van der Waals surface area contributed by atoms with E-state index in [4.69, 9.17) is 0 Å². The summed E-state index contributed by atoms with van der Waals surface area (Å²) in [7, 11) is 0. The predicted molar refractivity (Wildman–Crippen MR) is 105 cm³/mol. The highest BCUT2D eigenvalue weighted by atomic mass is 127. The SMILES string of the molecule is CCNC(=NCc1cccc(F)c1)NCCc1cccc(F)c1.I. The molecule has 130 valence electrons. The Morgan fingerprint density at radius 3 is 2.21 bits per heavy atom. The van der Waals surface area contributed by atoms with E-state index < -0.39 is 0 Å². The van der Waals surface area contributed by atoms with E-state index in [1.165, 1.54) is 24.3 Å². The quantitative estimate of drug-likeness (QED) is 0.403. The molecule has 3 nitrogen and oxygen atoms in total. The topological polar surface area (TPSA) is 36.4 Å². The Balaban J connectivity index is 0.00000288. The molecular weight excluding hydrogens is 423 g/mol. The molecule has 2 aromatic carbocycles. The molecule has 0 saturated heterocycles. The number of hydrogen-bond donors (Lipinski definition) is 2. The standard InChI is InChI=1S/C18H21F2N3.HI/c1-2-21-18(23-13-15-6-4-8-17(20)12-15)22-10-9-14-5-3-7-16(19)11-14;/h3-8,11-12H,2,9-10,13H2,1H3,(H2,21,22,23);1H. The van der Waals surface area contributed by atoms with Crippen molar-refractivity contribution in [1.29, 1.82) is 0 Å². The van der Waals surface area contributed by atoms with Crippen molar-refractivity contribution < 1.29 is 8.78 Å². The van der Waals surface area contributed by atoms with E-state index in [9.17, 15) is 8.78 Å². The van der Waals surface area contributed by atoms with Crippen molar-refractivity contribution in [3.8, 4) is 0 Å². The molecule has 0 spiro atoms. The molecule has 24 heavy (non-hydrogen) atoms. The lowest BCUT2D eigenvalue weighted by molar-refractivity contribution is 0.624. The lowest BCUT2D eigenvalue weighted by Gasteiger charge is -2.11. The Morgan fingerprint density at radius 1 is 0.958 bits per heavy atom. The van der Waals surface area contributed by atoms with Gasteiger partial charge in [-0.1, -0.05) is 24.3 Å². The van der Waals surface area contributed by atoms with Crippen molar-refractivity contribution in [3.63, 3.8) is 0 Å². The van der Waals surface area contributed by atoms with Crippen molar-refractivity contribution in [1.82, 2.24) is 10.6 Å². The molecule has 6 heteroatoms. The molecule has 0 unspecified atom stereocenters. The van der Waals surface area contributed by atoms with Gasteiger partial charge in [0.2, 0.25) is 0 Å². The number of halogens is 3. The van der Waals surface area contributed by atoms with Crippen LogP contribution in [0, 0.1) is 11.6 Å². The highest BCUT2D eigenvalue weighted by Gasteiger charge is 2.00. The highest BCUT2D eigenvalue weighted by molar-refractivity contribution is 14.0. The number of benzene rings is 2. The first kappa shape index (κ1) is 20.3. The fraction of sp³-hybridized carbons (Fsp3) is 0.278. The average molecular weight is 445 g/mol. The number of aliphatic imine (C=N–C) groups is 1. The van der Waals surface area contributed by atoms with Crippen LogP contribution in [0.2, 0.25) is 0 Å². The van der Waals surface area contributed by atoms with Gasteiger partial charge >= 0.3 is 0 Å². The number of guanidine groups is 1. The Hall–Kier alpha value is -1.70. The second kappa shape index (κ2) is 11.0. The first-order chi connectivity index (χ1) is 11.2. The minimum atomic E-state index is -0.262. The maximum absolute atomic E-state index is 13.2. The first-order valence-electron chi connectivity index (χ1n) is 7.68. The molecular formula is C18H22F2IN3. The van der Waals surface area contributed by atoms with E-state index >= 15 is 0 Å². The predicted octanol–water partition coefficient (Wildman–Crippen LogP) is 3.88. The molecule has 0 aliphatic rings. The summed E-state index contributed by atoms with van der Waals surface area (Å²) < 4.78 is 26.3. The van der Waals surface area contributed by atoms with Crippen molar-refractivity contribution >= 4 is 29.9 Å². The third-order valence-electron chi connectivity index (χ3n) is 3.25. The zero-order valence-corrected chi connectivity index (χ0v) is 15.9. The van der Waals surface area contributed by atoms with Crippen LogP contribution < -0.4 is 10.6 Å². The van der Waals surface area contributed by atoms with E-state index in [0.717, 1.165) is 17.7 Å². The summed E-state index contributed by atoms with van der Waals surface area (Å²) in [5.41, 5.74) is 1.74. The van der Waals surface area contributed by atoms with Crippen LogP contribution in [0.1, 0.15) is 18.1 Å². The van der Waals surface area contributed by atoms with Gasteiger partial charge < -0.3 is 10.6 Å². The molecule has 0 heterocycles. The Bertz CT molecular complexity index is 662. The van der Waals surface area contributed by atoms with Crippen LogP contribution in [0.5, 0.6) is 0 Å². The van der Waals surface area contributed by atoms with Crippen LogP contribution in [-0.4, -0.2) is 19.0 Å². The fourth-order valence-corrected chi connectivity index (χ4v) is 2.17. The number of nitrogens with zero attached hydrogens (tertiary/aromatic N) is 1. The van der Waals surface area contributed by atoms with Crippen LogP contribution in [-0.2, 0) is 13.0 Å². The van der Waals surface area contributed by atoms with Crippen molar-refractivity contribution in [2.75, 3.05) is 13.1 Å². The van der Waals surface area contributed by atoms with E-state index in [2.05, 4.69) is 15.6 Å². The normalized spacial score (nSPS) is 10.9. The van der Waals surface area contributed by atoms with E-state index in [-0.39, 0.29) is 35.6 Å².